The number of para-hydroxylation sites is 1. The first-order valence-electron chi connectivity index (χ1n) is 10.1. The molecule has 0 bridgehead atoms. The van der Waals surface area contributed by atoms with Gasteiger partial charge in [0, 0.05) is 30.0 Å². The summed E-state index contributed by atoms with van der Waals surface area (Å²) in [7, 11) is 0. The maximum Gasteiger partial charge on any atom is 0.338 e. The van der Waals surface area contributed by atoms with Gasteiger partial charge in [-0.2, -0.15) is 0 Å². The average Bonchev–Trinajstić information content (AvgIpc) is 2.80. The average molecular weight is 402 g/mol. The number of ether oxygens (including phenoxy) is 1. The highest BCUT2D eigenvalue weighted by Crippen LogP contribution is 2.16. The first kappa shape index (κ1) is 21.1. The van der Waals surface area contributed by atoms with Crippen molar-refractivity contribution in [1.29, 1.82) is 0 Å². The number of anilines is 2. The summed E-state index contributed by atoms with van der Waals surface area (Å²) in [6.45, 7) is 6.18. The minimum atomic E-state index is -0.369. The highest BCUT2D eigenvalue weighted by molar-refractivity contribution is 6.04. The van der Waals surface area contributed by atoms with Gasteiger partial charge in [0.05, 0.1) is 5.56 Å². The Morgan fingerprint density at radius 1 is 0.800 bits per heavy atom. The summed E-state index contributed by atoms with van der Waals surface area (Å²) < 4.78 is 5.41. The normalized spacial score (nSPS) is 10.3. The van der Waals surface area contributed by atoms with Gasteiger partial charge in [0.25, 0.3) is 5.91 Å². The summed E-state index contributed by atoms with van der Waals surface area (Å²) in [5.41, 5.74) is 3.71. The van der Waals surface area contributed by atoms with Crippen molar-refractivity contribution in [3.63, 3.8) is 0 Å². The molecule has 0 aliphatic carbocycles. The zero-order chi connectivity index (χ0) is 21.3. The van der Waals surface area contributed by atoms with E-state index >= 15 is 0 Å². The zero-order valence-corrected chi connectivity index (χ0v) is 17.3. The van der Waals surface area contributed by atoms with Crippen molar-refractivity contribution in [1.82, 2.24) is 0 Å². The van der Waals surface area contributed by atoms with E-state index in [4.69, 9.17) is 4.74 Å². The van der Waals surface area contributed by atoms with Crippen LogP contribution in [-0.4, -0.2) is 25.0 Å². The minimum absolute atomic E-state index is 0.150. The molecule has 3 aromatic carbocycles. The van der Waals surface area contributed by atoms with E-state index in [1.165, 1.54) is 0 Å². The summed E-state index contributed by atoms with van der Waals surface area (Å²) in [5, 5.41) is 2.84. The number of rotatable bonds is 8. The molecule has 0 unspecified atom stereocenters. The van der Waals surface area contributed by atoms with Crippen LogP contribution < -0.4 is 10.2 Å². The molecular weight excluding hydrogens is 376 g/mol. The molecule has 3 aromatic rings. The van der Waals surface area contributed by atoms with Crippen molar-refractivity contribution in [3.05, 3.63) is 95.6 Å². The molecule has 3 rings (SSSR count). The van der Waals surface area contributed by atoms with Gasteiger partial charge in [-0.3, -0.25) is 4.79 Å². The van der Waals surface area contributed by atoms with Crippen LogP contribution in [0, 0.1) is 0 Å². The fourth-order valence-electron chi connectivity index (χ4n) is 3.11. The van der Waals surface area contributed by atoms with Crippen LogP contribution in [0.3, 0.4) is 0 Å². The van der Waals surface area contributed by atoms with Crippen LogP contribution >= 0.6 is 0 Å². The molecule has 0 spiro atoms. The Labute approximate surface area is 177 Å². The summed E-state index contributed by atoms with van der Waals surface area (Å²) in [6.07, 6.45) is 0. The molecule has 1 amide bonds. The maximum atomic E-state index is 12.3. The second kappa shape index (κ2) is 10.3. The minimum Gasteiger partial charge on any atom is -0.457 e. The smallest absolute Gasteiger partial charge is 0.338 e. The number of carbonyl (C=O) groups is 2. The Morgan fingerprint density at radius 3 is 2.00 bits per heavy atom. The molecule has 0 heterocycles. The van der Waals surface area contributed by atoms with Gasteiger partial charge < -0.3 is 15.0 Å². The number of benzene rings is 3. The van der Waals surface area contributed by atoms with E-state index in [0.717, 1.165) is 30.0 Å². The Morgan fingerprint density at radius 2 is 1.40 bits per heavy atom. The van der Waals surface area contributed by atoms with Crippen LogP contribution in [0.5, 0.6) is 0 Å². The Hall–Kier alpha value is -3.60. The van der Waals surface area contributed by atoms with Crippen LogP contribution in [0.4, 0.5) is 11.4 Å². The standard InChI is InChI=1S/C25H26N2O3/c1-3-27(4-2)23-16-14-21(15-17-23)25(29)30-18-19-10-12-20(13-11-19)24(28)26-22-8-6-5-7-9-22/h5-17H,3-4,18H2,1-2H3,(H,26,28). The molecule has 0 aromatic heterocycles. The highest BCUT2D eigenvalue weighted by atomic mass is 16.5. The zero-order valence-electron chi connectivity index (χ0n) is 17.3. The van der Waals surface area contributed by atoms with Crippen LogP contribution in [-0.2, 0) is 11.3 Å². The SMILES string of the molecule is CCN(CC)c1ccc(C(=O)OCc2ccc(C(=O)Nc3ccccc3)cc2)cc1. The maximum absolute atomic E-state index is 12.3. The lowest BCUT2D eigenvalue weighted by Gasteiger charge is -2.20. The number of esters is 1. The van der Waals surface area contributed by atoms with Gasteiger partial charge in [-0.25, -0.2) is 4.79 Å². The number of hydrogen-bond donors (Lipinski definition) is 1. The third kappa shape index (κ3) is 5.47. The van der Waals surface area contributed by atoms with Crippen molar-refractivity contribution < 1.29 is 14.3 Å². The molecule has 0 aliphatic rings. The monoisotopic (exact) mass is 402 g/mol. The Balaban J connectivity index is 1.54. The number of amides is 1. The molecule has 0 fully saturated rings. The fraction of sp³-hybridized carbons (Fsp3) is 0.200. The van der Waals surface area contributed by atoms with Crippen LogP contribution in [0.2, 0.25) is 0 Å². The van der Waals surface area contributed by atoms with Gasteiger partial charge in [-0.1, -0.05) is 30.3 Å². The van der Waals surface area contributed by atoms with Gasteiger partial charge in [-0.05, 0) is 67.9 Å². The highest BCUT2D eigenvalue weighted by Gasteiger charge is 2.10. The topological polar surface area (TPSA) is 58.6 Å². The third-order valence-electron chi connectivity index (χ3n) is 4.85. The Kier molecular flexibility index (Phi) is 7.22. The van der Waals surface area contributed by atoms with Crippen molar-refractivity contribution >= 4 is 23.3 Å². The Bertz CT molecular complexity index is 964. The number of hydrogen-bond acceptors (Lipinski definition) is 4. The van der Waals surface area contributed by atoms with Crippen molar-refractivity contribution in [2.24, 2.45) is 0 Å². The second-order valence-electron chi connectivity index (χ2n) is 6.81. The molecule has 0 radical (unpaired) electrons. The summed E-state index contributed by atoms with van der Waals surface area (Å²) in [6, 6.07) is 23.8. The molecule has 154 valence electrons. The number of nitrogens with zero attached hydrogens (tertiary/aromatic N) is 1. The van der Waals surface area contributed by atoms with Gasteiger partial charge in [0.2, 0.25) is 0 Å². The molecule has 5 nitrogen and oxygen atoms in total. The molecule has 5 heteroatoms. The molecule has 0 atom stereocenters. The molecule has 1 N–H and O–H groups in total. The largest absolute Gasteiger partial charge is 0.457 e. The lowest BCUT2D eigenvalue weighted by atomic mass is 10.1. The lowest BCUT2D eigenvalue weighted by molar-refractivity contribution is 0.0472. The first-order chi connectivity index (χ1) is 14.6. The van der Waals surface area contributed by atoms with Gasteiger partial charge >= 0.3 is 5.97 Å². The first-order valence-corrected chi connectivity index (χ1v) is 10.1. The molecule has 30 heavy (non-hydrogen) atoms. The van der Waals surface area contributed by atoms with E-state index in [1.807, 2.05) is 42.5 Å². The van der Waals surface area contributed by atoms with Gasteiger partial charge in [0.1, 0.15) is 6.61 Å². The van der Waals surface area contributed by atoms with E-state index in [0.29, 0.717) is 11.1 Å². The second-order valence-corrected chi connectivity index (χ2v) is 6.81. The predicted molar refractivity (Wildman–Crippen MR) is 120 cm³/mol. The summed E-state index contributed by atoms with van der Waals surface area (Å²) in [4.78, 5) is 26.8. The van der Waals surface area contributed by atoms with Crippen molar-refractivity contribution in [3.8, 4) is 0 Å². The summed E-state index contributed by atoms with van der Waals surface area (Å²) >= 11 is 0. The van der Waals surface area contributed by atoms with Crippen LogP contribution in [0.1, 0.15) is 40.1 Å². The molecule has 0 saturated heterocycles. The van der Waals surface area contributed by atoms with Gasteiger partial charge in [0.15, 0.2) is 0 Å². The predicted octanol–water partition coefficient (Wildman–Crippen LogP) is 5.14. The van der Waals surface area contributed by atoms with Crippen LogP contribution in [0.15, 0.2) is 78.9 Å². The number of carbonyl (C=O) groups excluding carboxylic acids is 2. The van der Waals surface area contributed by atoms with E-state index in [9.17, 15) is 9.59 Å². The molecular formula is C25H26N2O3. The van der Waals surface area contributed by atoms with Crippen molar-refractivity contribution in [2.45, 2.75) is 20.5 Å². The summed E-state index contributed by atoms with van der Waals surface area (Å²) in [5.74, 6) is -0.551. The van der Waals surface area contributed by atoms with E-state index in [-0.39, 0.29) is 18.5 Å². The lowest BCUT2D eigenvalue weighted by Crippen LogP contribution is -2.21. The van der Waals surface area contributed by atoms with Crippen LogP contribution in [0.25, 0.3) is 0 Å². The van der Waals surface area contributed by atoms with E-state index in [2.05, 4.69) is 24.1 Å². The van der Waals surface area contributed by atoms with E-state index in [1.54, 1.807) is 36.4 Å². The van der Waals surface area contributed by atoms with Crippen molar-refractivity contribution in [2.75, 3.05) is 23.3 Å². The number of nitrogens with one attached hydrogen (secondary N) is 1. The third-order valence-corrected chi connectivity index (χ3v) is 4.85. The van der Waals surface area contributed by atoms with E-state index < -0.39 is 0 Å². The molecule has 0 aliphatic heterocycles. The fourth-order valence-corrected chi connectivity index (χ4v) is 3.11. The van der Waals surface area contributed by atoms with Gasteiger partial charge in [-0.15, -0.1) is 0 Å². The molecule has 0 saturated carbocycles. The quantitative estimate of drug-likeness (QED) is 0.530.